The quantitative estimate of drug-likeness (QED) is 0.590. The lowest BCUT2D eigenvalue weighted by atomic mass is 10.0. The number of fused-ring (bicyclic) bond motifs is 1. The molecule has 3 amide bonds. The van der Waals surface area contributed by atoms with Gasteiger partial charge in [-0.3, -0.25) is 19.3 Å². The van der Waals surface area contributed by atoms with Crippen LogP contribution in [0.3, 0.4) is 0 Å². The van der Waals surface area contributed by atoms with Crippen molar-refractivity contribution in [1.29, 1.82) is 0 Å². The summed E-state index contributed by atoms with van der Waals surface area (Å²) in [5.74, 6) is -1.40. The van der Waals surface area contributed by atoms with Crippen LogP contribution in [0.15, 0.2) is 48.5 Å². The van der Waals surface area contributed by atoms with Crippen LogP contribution in [0.2, 0.25) is 0 Å². The van der Waals surface area contributed by atoms with Gasteiger partial charge in [0.2, 0.25) is 11.8 Å². The Labute approximate surface area is 167 Å². The zero-order valence-electron chi connectivity index (χ0n) is 15.8. The second kappa shape index (κ2) is 7.87. The monoisotopic (exact) mass is 392 g/mol. The van der Waals surface area contributed by atoms with Crippen LogP contribution in [0.1, 0.15) is 35.2 Å². The van der Waals surface area contributed by atoms with E-state index in [1.165, 1.54) is 24.3 Å². The highest BCUT2D eigenvalue weighted by Crippen LogP contribution is 2.27. The van der Waals surface area contributed by atoms with Gasteiger partial charge in [-0.1, -0.05) is 18.2 Å². The van der Waals surface area contributed by atoms with Crippen LogP contribution in [-0.2, 0) is 25.5 Å². The number of esters is 1. The van der Waals surface area contributed by atoms with Crippen LogP contribution in [0.25, 0.3) is 0 Å². The Morgan fingerprint density at radius 3 is 2.31 bits per heavy atom. The molecule has 7 heteroatoms. The minimum Gasteiger partial charge on any atom is -0.452 e. The Morgan fingerprint density at radius 1 is 0.897 bits per heavy atom. The van der Waals surface area contributed by atoms with E-state index >= 15 is 0 Å². The number of hydrogen-bond donors (Lipinski definition) is 0. The Balaban J connectivity index is 1.38. The number of carbonyl (C=O) groups is 4. The van der Waals surface area contributed by atoms with Crippen LogP contribution >= 0.6 is 0 Å². The van der Waals surface area contributed by atoms with Crippen molar-refractivity contribution in [2.45, 2.75) is 25.7 Å². The smallest absolute Gasteiger partial charge is 0.338 e. The number of ether oxygens (including phenoxy) is 1. The molecule has 2 aliphatic heterocycles. The van der Waals surface area contributed by atoms with Gasteiger partial charge in [0.25, 0.3) is 5.91 Å². The first kappa shape index (κ1) is 18.9. The number of nitrogens with zero attached hydrogens (tertiary/aromatic N) is 2. The summed E-state index contributed by atoms with van der Waals surface area (Å²) in [4.78, 5) is 51.2. The molecule has 2 aliphatic rings. The van der Waals surface area contributed by atoms with E-state index in [2.05, 4.69) is 0 Å². The summed E-state index contributed by atoms with van der Waals surface area (Å²) in [5, 5.41) is 0. The second-order valence-electron chi connectivity index (χ2n) is 7.02. The van der Waals surface area contributed by atoms with Gasteiger partial charge in [0.1, 0.15) is 0 Å². The standard InChI is InChI=1S/C22H20N2O5/c25-19-11-12-20(26)24(19)17-9-7-16(8-10-17)22(28)29-14-21(27)23-13-3-5-15-4-1-2-6-18(15)23/h1-2,4,6-10H,3,5,11-14H2. The Hall–Kier alpha value is -3.48. The third kappa shape index (κ3) is 3.76. The molecule has 0 bridgehead atoms. The van der Waals surface area contributed by atoms with Crippen molar-refractivity contribution in [3.8, 4) is 0 Å². The second-order valence-corrected chi connectivity index (χ2v) is 7.02. The van der Waals surface area contributed by atoms with Crippen molar-refractivity contribution < 1.29 is 23.9 Å². The molecular formula is C22H20N2O5. The highest BCUT2D eigenvalue weighted by Gasteiger charge is 2.30. The first-order chi connectivity index (χ1) is 14.0. The van der Waals surface area contributed by atoms with Crippen LogP contribution in [0.4, 0.5) is 11.4 Å². The molecule has 4 rings (SSSR count). The number of amides is 3. The number of imide groups is 1. The van der Waals surface area contributed by atoms with Gasteiger partial charge in [-0.2, -0.15) is 0 Å². The molecule has 0 radical (unpaired) electrons. The highest BCUT2D eigenvalue weighted by atomic mass is 16.5. The molecule has 0 N–H and O–H groups in total. The van der Waals surface area contributed by atoms with Gasteiger partial charge in [0.05, 0.1) is 11.3 Å². The van der Waals surface area contributed by atoms with Gasteiger partial charge in [-0.25, -0.2) is 4.79 Å². The normalized spacial score (nSPS) is 16.0. The van der Waals surface area contributed by atoms with Crippen molar-refractivity contribution in [2.75, 3.05) is 23.0 Å². The van der Waals surface area contributed by atoms with Crippen molar-refractivity contribution in [1.82, 2.24) is 0 Å². The third-order valence-electron chi connectivity index (χ3n) is 5.15. The highest BCUT2D eigenvalue weighted by molar-refractivity contribution is 6.19. The zero-order chi connectivity index (χ0) is 20.4. The van der Waals surface area contributed by atoms with Crippen LogP contribution in [-0.4, -0.2) is 36.8 Å². The van der Waals surface area contributed by atoms with Gasteiger partial charge in [-0.15, -0.1) is 0 Å². The molecule has 1 saturated heterocycles. The van der Waals surface area contributed by atoms with Gasteiger partial charge in [-0.05, 0) is 48.7 Å². The molecule has 2 heterocycles. The zero-order valence-corrected chi connectivity index (χ0v) is 15.8. The first-order valence-corrected chi connectivity index (χ1v) is 9.56. The minimum atomic E-state index is -0.630. The maximum absolute atomic E-state index is 12.6. The molecule has 2 aromatic carbocycles. The van der Waals surface area contributed by atoms with E-state index in [1.54, 1.807) is 4.90 Å². The summed E-state index contributed by atoms with van der Waals surface area (Å²) in [6.45, 7) is 0.248. The van der Waals surface area contributed by atoms with Crippen molar-refractivity contribution in [2.24, 2.45) is 0 Å². The fourth-order valence-electron chi connectivity index (χ4n) is 3.69. The first-order valence-electron chi connectivity index (χ1n) is 9.56. The van der Waals surface area contributed by atoms with E-state index in [0.29, 0.717) is 12.2 Å². The summed E-state index contributed by atoms with van der Waals surface area (Å²) in [7, 11) is 0. The minimum absolute atomic E-state index is 0.199. The molecule has 2 aromatic rings. The van der Waals surface area contributed by atoms with Crippen LogP contribution in [0.5, 0.6) is 0 Å². The van der Waals surface area contributed by atoms with Gasteiger partial charge in [0, 0.05) is 25.1 Å². The number of anilines is 2. The SMILES string of the molecule is O=C(OCC(=O)N1CCCc2ccccc21)c1ccc(N2C(=O)CCC2=O)cc1. The molecule has 0 aliphatic carbocycles. The number of para-hydroxylation sites is 1. The van der Waals surface area contributed by atoms with Gasteiger partial charge in [0.15, 0.2) is 6.61 Å². The van der Waals surface area contributed by atoms with E-state index in [0.717, 1.165) is 29.0 Å². The predicted octanol–water partition coefficient (Wildman–Crippen LogP) is 2.48. The van der Waals surface area contributed by atoms with E-state index in [9.17, 15) is 19.2 Å². The van der Waals surface area contributed by atoms with Crippen molar-refractivity contribution in [3.63, 3.8) is 0 Å². The Morgan fingerprint density at radius 2 is 1.59 bits per heavy atom. The average Bonchev–Trinajstić information content (AvgIpc) is 3.09. The molecule has 0 unspecified atom stereocenters. The summed E-state index contributed by atoms with van der Waals surface area (Å²) in [6, 6.07) is 13.7. The lowest BCUT2D eigenvalue weighted by Gasteiger charge is -2.29. The summed E-state index contributed by atoms with van der Waals surface area (Å²) in [5.41, 5.74) is 2.65. The van der Waals surface area contributed by atoms with Crippen molar-refractivity contribution >= 4 is 35.1 Å². The van der Waals surface area contributed by atoms with Crippen LogP contribution in [0, 0.1) is 0 Å². The lowest BCUT2D eigenvalue weighted by Crippen LogP contribution is -2.38. The third-order valence-corrected chi connectivity index (χ3v) is 5.15. The van der Waals surface area contributed by atoms with Crippen molar-refractivity contribution in [3.05, 3.63) is 59.7 Å². The van der Waals surface area contributed by atoms with E-state index in [-0.39, 0.29) is 42.7 Å². The van der Waals surface area contributed by atoms with E-state index in [1.807, 2.05) is 24.3 Å². The number of aryl methyl sites for hydroxylation is 1. The largest absolute Gasteiger partial charge is 0.452 e. The molecule has 29 heavy (non-hydrogen) atoms. The van der Waals surface area contributed by atoms with E-state index < -0.39 is 5.97 Å². The van der Waals surface area contributed by atoms with Gasteiger partial charge < -0.3 is 9.64 Å². The van der Waals surface area contributed by atoms with E-state index in [4.69, 9.17) is 4.74 Å². The summed E-state index contributed by atoms with van der Waals surface area (Å²) in [6.07, 6.45) is 2.19. The molecule has 1 fully saturated rings. The predicted molar refractivity (Wildman–Crippen MR) is 106 cm³/mol. The maximum atomic E-state index is 12.6. The fourth-order valence-corrected chi connectivity index (χ4v) is 3.69. The molecule has 0 aromatic heterocycles. The summed E-state index contributed by atoms with van der Waals surface area (Å²) >= 11 is 0. The molecular weight excluding hydrogens is 372 g/mol. The molecule has 148 valence electrons. The number of benzene rings is 2. The number of hydrogen-bond acceptors (Lipinski definition) is 5. The molecule has 0 spiro atoms. The average molecular weight is 392 g/mol. The maximum Gasteiger partial charge on any atom is 0.338 e. The molecule has 7 nitrogen and oxygen atoms in total. The Bertz CT molecular complexity index is 967. The topological polar surface area (TPSA) is 84.0 Å². The summed E-state index contributed by atoms with van der Waals surface area (Å²) < 4.78 is 5.19. The Kier molecular flexibility index (Phi) is 5.12. The number of rotatable bonds is 4. The molecule has 0 saturated carbocycles. The number of carbonyl (C=O) groups excluding carboxylic acids is 4. The lowest BCUT2D eigenvalue weighted by molar-refractivity contribution is -0.122. The fraction of sp³-hybridized carbons (Fsp3) is 0.273. The molecule has 0 atom stereocenters. The van der Waals surface area contributed by atoms with Crippen LogP contribution < -0.4 is 9.80 Å². The van der Waals surface area contributed by atoms with Gasteiger partial charge >= 0.3 is 5.97 Å².